The molecule has 7 heteroatoms. The highest BCUT2D eigenvalue weighted by atomic mass is 35.5. The van der Waals surface area contributed by atoms with Crippen molar-refractivity contribution < 1.29 is 14.4 Å². The van der Waals surface area contributed by atoms with E-state index in [9.17, 15) is 14.4 Å². The average Bonchev–Trinajstić information content (AvgIpc) is 2.86. The predicted molar refractivity (Wildman–Crippen MR) is 97.2 cm³/mol. The number of hydrazine groups is 1. The van der Waals surface area contributed by atoms with Gasteiger partial charge in [-0.1, -0.05) is 43.1 Å². The fraction of sp³-hybridized carbons (Fsp3) is 0.421. The Balaban J connectivity index is 1.94. The molecule has 136 valence electrons. The lowest BCUT2D eigenvalue weighted by Gasteiger charge is -2.38. The molecule has 1 aromatic rings. The summed E-state index contributed by atoms with van der Waals surface area (Å²) in [6.07, 6.45) is 1.22. The number of amides is 2. The fourth-order valence-corrected chi connectivity index (χ4v) is 4.65. The van der Waals surface area contributed by atoms with Gasteiger partial charge < -0.3 is 0 Å². The van der Waals surface area contributed by atoms with Crippen LogP contribution < -0.4 is 0 Å². The Morgan fingerprint density at radius 2 is 1.73 bits per heavy atom. The van der Waals surface area contributed by atoms with Crippen LogP contribution >= 0.6 is 23.2 Å². The number of halogens is 2. The van der Waals surface area contributed by atoms with E-state index in [1.54, 1.807) is 18.2 Å². The summed E-state index contributed by atoms with van der Waals surface area (Å²) in [5.74, 6) is -0.377. The zero-order chi connectivity index (χ0) is 18.8. The minimum Gasteiger partial charge on any atom is -0.294 e. The molecule has 2 heterocycles. The van der Waals surface area contributed by atoms with E-state index in [0.29, 0.717) is 39.7 Å². The summed E-state index contributed by atoms with van der Waals surface area (Å²) >= 11 is 12.4. The molecule has 1 saturated heterocycles. The Bertz CT molecular complexity index is 891. The monoisotopic (exact) mass is 392 g/mol. The molecular formula is C19H18Cl2N2O3. The normalized spacial score (nSPS) is 24.9. The maximum Gasteiger partial charge on any atom is 0.246 e. The van der Waals surface area contributed by atoms with Crippen molar-refractivity contribution in [2.24, 2.45) is 5.41 Å². The molecule has 1 fully saturated rings. The predicted octanol–water partition coefficient (Wildman–Crippen LogP) is 4.06. The number of nitrogens with zero attached hydrogens (tertiary/aromatic N) is 2. The molecule has 0 N–H and O–H groups in total. The molecule has 1 atom stereocenters. The Hall–Kier alpha value is -1.85. The fourth-order valence-electron chi connectivity index (χ4n) is 4.14. The standard InChI is InChI=1S/C19H18Cl2N2O3/c1-19(2)8-13-17(14(24)9-19)18(11-4-3-10(20)7-12(11)21)23-16(26)6-5-15(25)22(13)23/h3-4,7,18H,5-6,8-9H2,1-2H3. The Morgan fingerprint density at radius 3 is 2.42 bits per heavy atom. The zero-order valence-electron chi connectivity index (χ0n) is 14.5. The van der Waals surface area contributed by atoms with Crippen molar-refractivity contribution in [1.82, 2.24) is 10.0 Å². The summed E-state index contributed by atoms with van der Waals surface area (Å²) in [4.78, 5) is 38.4. The van der Waals surface area contributed by atoms with Gasteiger partial charge in [-0.2, -0.15) is 0 Å². The van der Waals surface area contributed by atoms with E-state index in [1.165, 1.54) is 10.0 Å². The number of fused-ring (bicyclic) bond motifs is 2. The van der Waals surface area contributed by atoms with Gasteiger partial charge in [0, 0.05) is 40.4 Å². The molecule has 1 aromatic carbocycles. The molecule has 1 unspecified atom stereocenters. The number of carbonyl (C=O) groups is 3. The lowest BCUT2D eigenvalue weighted by molar-refractivity contribution is -0.167. The average molecular weight is 393 g/mol. The van der Waals surface area contributed by atoms with Crippen molar-refractivity contribution >= 4 is 40.8 Å². The van der Waals surface area contributed by atoms with Gasteiger partial charge in [0.1, 0.15) is 6.04 Å². The molecule has 5 nitrogen and oxygen atoms in total. The van der Waals surface area contributed by atoms with Crippen molar-refractivity contribution in [3.63, 3.8) is 0 Å². The van der Waals surface area contributed by atoms with Gasteiger partial charge in [-0.05, 0) is 24.0 Å². The maximum atomic E-state index is 13.0. The van der Waals surface area contributed by atoms with Crippen molar-refractivity contribution in [2.45, 2.75) is 45.6 Å². The molecule has 0 saturated carbocycles. The summed E-state index contributed by atoms with van der Waals surface area (Å²) in [7, 11) is 0. The first kappa shape index (κ1) is 17.6. The van der Waals surface area contributed by atoms with E-state index in [1.807, 2.05) is 13.8 Å². The van der Waals surface area contributed by atoms with Crippen LogP contribution in [0.15, 0.2) is 29.5 Å². The third-order valence-electron chi connectivity index (χ3n) is 5.19. The highest BCUT2D eigenvalue weighted by molar-refractivity contribution is 6.35. The molecule has 1 aliphatic carbocycles. The van der Waals surface area contributed by atoms with Crippen LogP contribution in [0.5, 0.6) is 0 Å². The molecule has 26 heavy (non-hydrogen) atoms. The van der Waals surface area contributed by atoms with Gasteiger partial charge in [0.25, 0.3) is 0 Å². The molecule has 2 amide bonds. The molecule has 0 spiro atoms. The molecule has 0 radical (unpaired) electrons. The Morgan fingerprint density at radius 1 is 1.04 bits per heavy atom. The highest BCUT2D eigenvalue weighted by Gasteiger charge is 2.53. The molecule has 0 aromatic heterocycles. The SMILES string of the molecule is CC1(C)CC(=O)C2=C(C1)N1C(=O)CCC(=O)N1C2c1ccc(Cl)cc1Cl. The Labute approximate surface area is 161 Å². The van der Waals surface area contributed by atoms with Crippen molar-refractivity contribution in [1.29, 1.82) is 0 Å². The largest absolute Gasteiger partial charge is 0.294 e. The number of benzene rings is 1. The summed E-state index contributed by atoms with van der Waals surface area (Å²) < 4.78 is 0. The number of allylic oxidation sites excluding steroid dienone is 1. The van der Waals surface area contributed by atoms with Gasteiger partial charge in [0.15, 0.2) is 5.78 Å². The Kier molecular flexibility index (Phi) is 3.93. The van der Waals surface area contributed by atoms with E-state index < -0.39 is 6.04 Å². The van der Waals surface area contributed by atoms with Gasteiger partial charge >= 0.3 is 0 Å². The number of hydrogen-bond donors (Lipinski definition) is 0. The second kappa shape index (κ2) is 5.83. The van der Waals surface area contributed by atoms with E-state index >= 15 is 0 Å². The van der Waals surface area contributed by atoms with Crippen LogP contribution in [-0.2, 0) is 14.4 Å². The lowest BCUT2D eigenvalue weighted by atomic mass is 9.74. The quantitative estimate of drug-likeness (QED) is 0.723. The number of ketones is 1. The van der Waals surface area contributed by atoms with E-state index in [2.05, 4.69) is 0 Å². The first-order chi connectivity index (χ1) is 12.2. The molecule has 4 rings (SSSR count). The number of Topliss-reactive ketones (excluding diaryl/α,β-unsaturated/α-hetero) is 1. The molecule has 0 bridgehead atoms. The number of hydrogen-bond acceptors (Lipinski definition) is 3. The van der Waals surface area contributed by atoms with E-state index in [0.717, 1.165) is 0 Å². The van der Waals surface area contributed by atoms with Gasteiger partial charge in [-0.25, -0.2) is 10.0 Å². The molecule has 2 aliphatic heterocycles. The second-order valence-corrected chi connectivity index (χ2v) is 8.66. The minimum atomic E-state index is -0.671. The van der Waals surface area contributed by atoms with Crippen LogP contribution in [0.4, 0.5) is 0 Å². The topological polar surface area (TPSA) is 57.7 Å². The van der Waals surface area contributed by atoms with Gasteiger partial charge in [-0.3, -0.25) is 14.4 Å². The van der Waals surface area contributed by atoms with Crippen LogP contribution in [0.25, 0.3) is 0 Å². The van der Waals surface area contributed by atoms with E-state index in [-0.39, 0.29) is 35.9 Å². The van der Waals surface area contributed by atoms with Gasteiger partial charge in [0.05, 0.1) is 5.70 Å². The third-order valence-corrected chi connectivity index (χ3v) is 5.75. The van der Waals surface area contributed by atoms with Crippen LogP contribution in [0.2, 0.25) is 10.0 Å². The lowest BCUT2D eigenvalue weighted by Crippen LogP contribution is -2.50. The van der Waals surface area contributed by atoms with Crippen molar-refractivity contribution in [3.8, 4) is 0 Å². The molecule has 3 aliphatic rings. The summed E-state index contributed by atoms with van der Waals surface area (Å²) in [6.45, 7) is 4.00. The minimum absolute atomic E-state index is 0.0396. The highest BCUT2D eigenvalue weighted by Crippen LogP contribution is 2.52. The first-order valence-electron chi connectivity index (χ1n) is 8.56. The summed E-state index contributed by atoms with van der Waals surface area (Å²) in [5, 5.41) is 3.69. The van der Waals surface area contributed by atoms with Gasteiger partial charge in [-0.15, -0.1) is 0 Å². The van der Waals surface area contributed by atoms with Gasteiger partial charge in [0.2, 0.25) is 11.8 Å². The van der Waals surface area contributed by atoms with Crippen LogP contribution in [0, 0.1) is 5.41 Å². The second-order valence-electron chi connectivity index (χ2n) is 7.81. The summed E-state index contributed by atoms with van der Waals surface area (Å²) in [6, 6.07) is 4.33. The van der Waals surface area contributed by atoms with E-state index in [4.69, 9.17) is 23.2 Å². The zero-order valence-corrected chi connectivity index (χ0v) is 16.0. The first-order valence-corrected chi connectivity index (χ1v) is 9.31. The number of rotatable bonds is 1. The van der Waals surface area contributed by atoms with Crippen molar-refractivity contribution in [2.75, 3.05) is 0 Å². The van der Waals surface area contributed by atoms with Crippen LogP contribution in [-0.4, -0.2) is 27.6 Å². The smallest absolute Gasteiger partial charge is 0.246 e. The maximum absolute atomic E-state index is 13.0. The summed E-state index contributed by atoms with van der Waals surface area (Å²) in [5.41, 5.74) is 1.50. The third kappa shape index (κ3) is 2.57. The van der Waals surface area contributed by atoms with Crippen LogP contribution in [0.3, 0.4) is 0 Å². The number of carbonyl (C=O) groups excluding carboxylic acids is 3. The molecular weight excluding hydrogens is 375 g/mol. The van der Waals surface area contributed by atoms with Crippen LogP contribution in [0.1, 0.15) is 51.1 Å². The van der Waals surface area contributed by atoms with Crippen molar-refractivity contribution in [3.05, 3.63) is 45.1 Å².